The second kappa shape index (κ2) is 5.95. The number of nitrogen functional groups attached to an aromatic ring is 1. The van der Waals surface area contributed by atoms with Crippen LogP contribution in [0.4, 0.5) is 16.2 Å². The van der Waals surface area contributed by atoms with Crippen molar-refractivity contribution >= 4 is 28.4 Å². The summed E-state index contributed by atoms with van der Waals surface area (Å²) >= 11 is 0. The van der Waals surface area contributed by atoms with Crippen LogP contribution in [0.5, 0.6) is 5.75 Å². The second-order valence-electron chi connectivity index (χ2n) is 6.42. The van der Waals surface area contributed by atoms with Crippen molar-refractivity contribution in [2.45, 2.75) is 33.3 Å². The molecule has 0 atom stereocenters. The van der Waals surface area contributed by atoms with Gasteiger partial charge in [-0.05, 0) is 39.8 Å². The Labute approximate surface area is 136 Å². The van der Waals surface area contributed by atoms with Gasteiger partial charge in [0.2, 0.25) is 0 Å². The molecular weight excluding hydrogens is 294 g/mol. The molecule has 0 unspecified atom stereocenters. The quantitative estimate of drug-likeness (QED) is 0.917. The normalized spacial score (nSPS) is 11.4. The largest absolute Gasteiger partial charge is 0.494 e. The zero-order valence-corrected chi connectivity index (χ0v) is 14.4. The van der Waals surface area contributed by atoms with Crippen LogP contribution in [0.15, 0.2) is 18.2 Å². The minimum absolute atomic E-state index is 0.455. The SMILES string of the molecule is COc1cc2nc(C)c(N)cc2cc1N(C)C(=O)OC(C)(C)C. The van der Waals surface area contributed by atoms with Crippen molar-refractivity contribution in [2.24, 2.45) is 0 Å². The molecule has 2 N–H and O–H groups in total. The molecule has 0 bridgehead atoms. The fourth-order valence-electron chi connectivity index (χ4n) is 2.16. The van der Waals surface area contributed by atoms with E-state index in [4.69, 9.17) is 15.2 Å². The first-order chi connectivity index (χ1) is 10.6. The molecule has 0 radical (unpaired) electrons. The van der Waals surface area contributed by atoms with Crippen molar-refractivity contribution in [3.05, 3.63) is 23.9 Å². The first-order valence-corrected chi connectivity index (χ1v) is 7.34. The van der Waals surface area contributed by atoms with E-state index in [2.05, 4.69) is 4.98 Å². The van der Waals surface area contributed by atoms with Crippen LogP contribution in [0.1, 0.15) is 26.5 Å². The van der Waals surface area contributed by atoms with Gasteiger partial charge in [-0.2, -0.15) is 0 Å². The summed E-state index contributed by atoms with van der Waals surface area (Å²) in [5.41, 5.74) is 8.07. The predicted octanol–water partition coefficient (Wildman–Crippen LogP) is 3.51. The summed E-state index contributed by atoms with van der Waals surface area (Å²) in [5, 5.41) is 0.833. The Morgan fingerprint density at radius 2 is 1.91 bits per heavy atom. The van der Waals surface area contributed by atoms with E-state index in [1.165, 1.54) is 4.90 Å². The number of aromatic nitrogens is 1. The van der Waals surface area contributed by atoms with Crippen LogP contribution < -0.4 is 15.4 Å². The standard InChI is InChI=1S/C17H23N3O3/c1-10-12(18)7-11-8-14(15(22-6)9-13(11)19-10)20(5)16(21)23-17(2,3)4/h7-9H,18H2,1-6H3. The molecule has 1 heterocycles. The molecule has 0 fully saturated rings. The Hall–Kier alpha value is -2.50. The third kappa shape index (κ3) is 3.64. The fourth-order valence-corrected chi connectivity index (χ4v) is 2.16. The molecular formula is C17H23N3O3. The first-order valence-electron chi connectivity index (χ1n) is 7.34. The van der Waals surface area contributed by atoms with Crippen molar-refractivity contribution in [3.63, 3.8) is 0 Å². The van der Waals surface area contributed by atoms with Crippen molar-refractivity contribution < 1.29 is 14.3 Å². The van der Waals surface area contributed by atoms with Crippen LogP contribution in [0.2, 0.25) is 0 Å². The summed E-state index contributed by atoms with van der Waals surface area (Å²) in [4.78, 5) is 18.2. The van der Waals surface area contributed by atoms with Crippen LogP contribution in [0.3, 0.4) is 0 Å². The maximum atomic E-state index is 12.3. The molecule has 0 aliphatic carbocycles. The molecule has 0 spiro atoms. The number of aryl methyl sites for hydroxylation is 1. The number of pyridine rings is 1. The number of ether oxygens (including phenoxy) is 2. The molecule has 2 rings (SSSR count). The highest BCUT2D eigenvalue weighted by molar-refractivity contribution is 5.95. The van der Waals surface area contributed by atoms with Gasteiger partial charge in [0.15, 0.2) is 0 Å². The number of anilines is 2. The number of carbonyl (C=O) groups excluding carboxylic acids is 1. The lowest BCUT2D eigenvalue weighted by atomic mass is 10.1. The number of hydrogen-bond acceptors (Lipinski definition) is 5. The number of fused-ring (bicyclic) bond motifs is 1. The Morgan fingerprint density at radius 1 is 1.26 bits per heavy atom. The van der Waals surface area contributed by atoms with Crippen molar-refractivity contribution in [2.75, 3.05) is 24.8 Å². The van der Waals surface area contributed by atoms with E-state index >= 15 is 0 Å². The number of carbonyl (C=O) groups is 1. The topological polar surface area (TPSA) is 77.7 Å². The number of rotatable bonds is 2. The van der Waals surface area contributed by atoms with Gasteiger partial charge in [0.1, 0.15) is 11.4 Å². The molecule has 0 aliphatic heterocycles. The van der Waals surface area contributed by atoms with E-state index in [9.17, 15) is 4.79 Å². The Balaban J connectivity index is 2.50. The van der Waals surface area contributed by atoms with E-state index in [0.717, 1.165) is 16.6 Å². The summed E-state index contributed by atoms with van der Waals surface area (Å²) in [5.74, 6) is 0.544. The minimum Gasteiger partial charge on any atom is -0.494 e. The van der Waals surface area contributed by atoms with Gasteiger partial charge in [0.25, 0.3) is 0 Å². The molecule has 0 aliphatic rings. The van der Waals surface area contributed by atoms with Crippen LogP contribution >= 0.6 is 0 Å². The number of nitrogens with zero attached hydrogens (tertiary/aromatic N) is 2. The van der Waals surface area contributed by atoms with Gasteiger partial charge < -0.3 is 15.2 Å². The number of benzene rings is 1. The lowest BCUT2D eigenvalue weighted by Crippen LogP contribution is -2.34. The smallest absolute Gasteiger partial charge is 0.414 e. The van der Waals surface area contributed by atoms with Gasteiger partial charge in [-0.25, -0.2) is 4.79 Å². The zero-order chi connectivity index (χ0) is 17.4. The van der Waals surface area contributed by atoms with Crippen LogP contribution in [0, 0.1) is 6.92 Å². The average molecular weight is 317 g/mol. The van der Waals surface area contributed by atoms with Gasteiger partial charge >= 0.3 is 6.09 Å². The highest BCUT2D eigenvalue weighted by atomic mass is 16.6. The maximum Gasteiger partial charge on any atom is 0.414 e. The molecule has 1 amide bonds. The van der Waals surface area contributed by atoms with Gasteiger partial charge in [0, 0.05) is 18.5 Å². The lowest BCUT2D eigenvalue weighted by molar-refractivity contribution is 0.0588. The summed E-state index contributed by atoms with van der Waals surface area (Å²) in [6.45, 7) is 7.32. The van der Waals surface area contributed by atoms with E-state index in [0.29, 0.717) is 17.1 Å². The van der Waals surface area contributed by atoms with E-state index in [1.807, 2.05) is 39.8 Å². The zero-order valence-electron chi connectivity index (χ0n) is 14.4. The van der Waals surface area contributed by atoms with E-state index in [1.54, 1.807) is 20.2 Å². The third-order valence-electron chi connectivity index (χ3n) is 3.37. The van der Waals surface area contributed by atoms with Crippen LogP contribution in [-0.2, 0) is 4.74 Å². The fraction of sp³-hybridized carbons (Fsp3) is 0.412. The monoisotopic (exact) mass is 317 g/mol. The van der Waals surface area contributed by atoms with Crippen molar-refractivity contribution in [1.82, 2.24) is 4.98 Å². The molecule has 6 nitrogen and oxygen atoms in total. The van der Waals surface area contributed by atoms with Gasteiger partial charge in [0.05, 0.1) is 29.7 Å². The van der Waals surface area contributed by atoms with Gasteiger partial charge in [-0.1, -0.05) is 0 Å². The van der Waals surface area contributed by atoms with Crippen molar-refractivity contribution in [3.8, 4) is 5.75 Å². The summed E-state index contributed by atoms with van der Waals surface area (Å²) in [6.07, 6.45) is -0.455. The Bertz CT molecular complexity index is 751. The molecule has 1 aromatic heterocycles. The molecule has 0 saturated heterocycles. The molecule has 1 aromatic carbocycles. The lowest BCUT2D eigenvalue weighted by Gasteiger charge is -2.25. The van der Waals surface area contributed by atoms with E-state index < -0.39 is 11.7 Å². The maximum absolute atomic E-state index is 12.3. The minimum atomic E-state index is -0.571. The Kier molecular flexibility index (Phi) is 4.36. The van der Waals surface area contributed by atoms with Crippen LogP contribution in [0.25, 0.3) is 10.9 Å². The molecule has 124 valence electrons. The van der Waals surface area contributed by atoms with Gasteiger partial charge in [-0.3, -0.25) is 9.88 Å². The van der Waals surface area contributed by atoms with Crippen molar-refractivity contribution in [1.29, 1.82) is 0 Å². The number of nitrogens with two attached hydrogens (primary N) is 1. The predicted molar refractivity (Wildman–Crippen MR) is 92.1 cm³/mol. The number of hydrogen-bond donors (Lipinski definition) is 1. The molecule has 2 aromatic rings. The summed E-state index contributed by atoms with van der Waals surface area (Å²) < 4.78 is 10.8. The number of methoxy groups -OCH3 is 1. The number of amides is 1. The summed E-state index contributed by atoms with van der Waals surface area (Å²) in [6, 6.07) is 5.45. The molecule has 6 heteroatoms. The van der Waals surface area contributed by atoms with Gasteiger partial charge in [-0.15, -0.1) is 0 Å². The van der Waals surface area contributed by atoms with E-state index in [-0.39, 0.29) is 0 Å². The first kappa shape index (κ1) is 16.9. The Morgan fingerprint density at radius 3 is 2.48 bits per heavy atom. The highest BCUT2D eigenvalue weighted by Gasteiger charge is 2.23. The molecule has 23 heavy (non-hydrogen) atoms. The highest BCUT2D eigenvalue weighted by Crippen LogP contribution is 2.33. The third-order valence-corrected chi connectivity index (χ3v) is 3.37. The summed E-state index contributed by atoms with van der Waals surface area (Å²) in [7, 11) is 3.19. The molecule has 0 saturated carbocycles. The average Bonchev–Trinajstić information content (AvgIpc) is 2.44. The second-order valence-corrected chi connectivity index (χ2v) is 6.42. The van der Waals surface area contributed by atoms with Crippen LogP contribution in [-0.4, -0.2) is 30.8 Å².